The number of carbonyl (C=O) groups is 1. The van der Waals surface area contributed by atoms with E-state index in [0.717, 1.165) is 42.5 Å². The van der Waals surface area contributed by atoms with Crippen LogP contribution in [0.5, 0.6) is 0 Å². The number of amides is 1. The number of nitrogens with zero attached hydrogens (tertiary/aromatic N) is 4. The molecule has 0 unspecified atom stereocenters. The minimum atomic E-state index is -0.344. The molecule has 1 saturated heterocycles. The molecule has 4 heterocycles. The van der Waals surface area contributed by atoms with Crippen LogP contribution in [0, 0.1) is 17.2 Å². The van der Waals surface area contributed by atoms with E-state index in [1.807, 2.05) is 17.0 Å². The second-order valence-electron chi connectivity index (χ2n) is 10.1. The predicted octanol–water partition coefficient (Wildman–Crippen LogP) is 4.29. The van der Waals surface area contributed by atoms with Crippen LogP contribution in [0.15, 0.2) is 22.8 Å². The summed E-state index contributed by atoms with van der Waals surface area (Å²) in [6.45, 7) is 7.21. The molecule has 2 aliphatic heterocycles. The number of hydrogen-bond donors (Lipinski definition) is 0. The molecular formula is C26H32N4O3. The van der Waals surface area contributed by atoms with Gasteiger partial charge in [-0.25, -0.2) is 4.98 Å². The molecule has 0 N–H and O–H groups in total. The smallest absolute Gasteiger partial charge is 0.225 e. The first-order chi connectivity index (χ1) is 16.0. The number of furan rings is 1. The van der Waals surface area contributed by atoms with Gasteiger partial charge in [0, 0.05) is 44.1 Å². The Balaban J connectivity index is 1.44. The number of piperazine rings is 1. The molecule has 174 valence electrons. The highest BCUT2D eigenvalue weighted by Gasteiger charge is 2.35. The van der Waals surface area contributed by atoms with Crippen LogP contribution in [0.1, 0.15) is 62.6 Å². The molecule has 2 fully saturated rings. The van der Waals surface area contributed by atoms with E-state index in [1.54, 1.807) is 6.26 Å². The maximum Gasteiger partial charge on any atom is 0.225 e. The standard InChI is InChI=1S/C26H32N4O3/c1-26(2)15-19-20(16-27)24(28-23(21(19)17-33-26)22-9-6-14-32-22)29-10-12-30(13-11-29)25(31)18-7-4-3-5-8-18/h6,9,14,18H,3-5,7-8,10-13,15,17H2,1-2H3. The lowest BCUT2D eigenvalue weighted by Gasteiger charge is -2.39. The van der Waals surface area contributed by atoms with E-state index < -0.39 is 0 Å². The Bertz CT molecular complexity index is 1060. The lowest BCUT2D eigenvalue weighted by molar-refractivity contribution is -0.136. The molecule has 0 radical (unpaired) electrons. The van der Waals surface area contributed by atoms with Crippen molar-refractivity contribution in [2.24, 2.45) is 5.92 Å². The summed E-state index contributed by atoms with van der Waals surface area (Å²) in [7, 11) is 0. The van der Waals surface area contributed by atoms with Crippen LogP contribution >= 0.6 is 0 Å². The Morgan fingerprint density at radius 1 is 1.15 bits per heavy atom. The Morgan fingerprint density at radius 2 is 1.91 bits per heavy atom. The third kappa shape index (κ3) is 4.24. The van der Waals surface area contributed by atoms with Crippen molar-refractivity contribution in [3.63, 3.8) is 0 Å². The van der Waals surface area contributed by atoms with Crippen molar-refractivity contribution in [3.05, 3.63) is 35.1 Å². The first-order valence-corrected chi connectivity index (χ1v) is 12.1. The summed E-state index contributed by atoms with van der Waals surface area (Å²) in [5, 5.41) is 10.2. The Morgan fingerprint density at radius 3 is 2.58 bits per heavy atom. The number of carbonyl (C=O) groups excluding carboxylic acids is 1. The van der Waals surface area contributed by atoms with Crippen LogP contribution in [-0.2, 0) is 22.6 Å². The van der Waals surface area contributed by atoms with E-state index in [-0.39, 0.29) is 11.5 Å². The van der Waals surface area contributed by atoms with E-state index in [1.165, 1.54) is 6.42 Å². The van der Waals surface area contributed by atoms with Crippen molar-refractivity contribution in [1.82, 2.24) is 9.88 Å². The second kappa shape index (κ2) is 8.83. The molecule has 0 atom stereocenters. The van der Waals surface area contributed by atoms with Crippen molar-refractivity contribution in [2.75, 3.05) is 31.1 Å². The van der Waals surface area contributed by atoms with Gasteiger partial charge in [-0.2, -0.15) is 5.26 Å². The van der Waals surface area contributed by atoms with Crippen LogP contribution in [0.4, 0.5) is 5.82 Å². The van der Waals surface area contributed by atoms with Gasteiger partial charge in [0.1, 0.15) is 17.6 Å². The number of nitriles is 1. The summed E-state index contributed by atoms with van der Waals surface area (Å²) in [4.78, 5) is 22.1. The zero-order valence-electron chi connectivity index (χ0n) is 19.6. The molecule has 2 aromatic rings. The minimum absolute atomic E-state index is 0.189. The van der Waals surface area contributed by atoms with Crippen molar-refractivity contribution < 1.29 is 13.9 Å². The van der Waals surface area contributed by atoms with E-state index in [4.69, 9.17) is 14.1 Å². The van der Waals surface area contributed by atoms with Gasteiger partial charge in [-0.15, -0.1) is 0 Å². The second-order valence-corrected chi connectivity index (χ2v) is 10.1. The summed E-state index contributed by atoms with van der Waals surface area (Å²) >= 11 is 0. The quantitative estimate of drug-likeness (QED) is 0.697. The summed E-state index contributed by atoms with van der Waals surface area (Å²) in [6, 6.07) is 6.20. The first kappa shape index (κ1) is 22.0. The van der Waals surface area contributed by atoms with Crippen LogP contribution in [-0.4, -0.2) is 47.6 Å². The molecule has 0 spiro atoms. The largest absolute Gasteiger partial charge is 0.463 e. The molecular weight excluding hydrogens is 416 g/mol. The number of ether oxygens (including phenoxy) is 1. The van der Waals surface area contributed by atoms with Crippen LogP contribution < -0.4 is 4.90 Å². The monoisotopic (exact) mass is 448 g/mol. The van der Waals surface area contributed by atoms with Crippen molar-refractivity contribution in [3.8, 4) is 17.5 Å². The zero-order valence-corrected chi connectivity index (χ0v) is 19.6. The average molecular weight is 449 g/mol. The molecule has 2 aromatic heterocycles. The highest BCUT2D eigenvalue weighted by molar-refractivity contribution is 5.79. The highest BCUT2D eigenvalue weighted by Crippen LogP contribution is 2.39. The molecule has 7 nitrogen and oxygen atoms in total. The molecule has 5 rings (SSSR count). The highest BCUT2D eigenvalue weighted by atomic mass is 16.5. The molecule has 1 amide bonds. The third-order valence-electron chi connectivity index (χ3n) is 7.31. The Hall–Kier alpha value is -2.85. The van der Waals surface area contributed by atoms with Crippen molar-refractivity contribution in [1.29, 1.82) is 5.26 Å². The van der Waals surface area contributed by atoms with Gasteiger partial charge in [0.15, 0.2) is 5.76 Å². The molecule has 7 heteroatoms. The summed E-state index contributed by atoms with van der Waals surface area (Å²) < 4.78 is 11.8. The molecule has 1 saturated carbocycles. The van der Waals surface area contributed by atoms with E-state index in [9.17, 15) is 10.1 Å². The van der Waals surface area contributed by atoms with E-state index in [0.29, 0.717) is 62.3 Å². The number of anilines is 1. The molecule has 33 heavy (non-hydrogen) atoms. The third-order valence-corrected chi connectivity index (χ3v) is 7.31. The Labute approximate surface area is 195 Å². The molecule has 3 aliphatic rings. The van der Waals surface area contributed by atoms with Gasteiger partial charge >= 0.3 is 0 Å². The van der Waals surface area contributed by atoms with Crippen LogP contribution in [0.2, 0.25) is 0 Å². The predicted molar refractivity (Wildman–Crippen MR) is 125 cm³/mol. The number of rotatable bonds is 3. The van der Waals surface area contributed by atoms with Gasteiger partial charge in [-0.3, -0.25) is 4.79 Å². The fourth-order valence-electron chi connectivity index (χ4n) is 5.46. The maximum absolute atomic E-state index is 13.0. The first-order valence-electron chi connectivity index (χ1n) is 12.1. The Kier molecular flexibility index (Phi) is 5.88. The van der Waals surface area contributed by atoms with Gasteiger partial charge in [-0.1, -0.05) is 19.3 Å². The SMILES string of the molecule is CC1(C)Cc2c(C#N)c(N3CCN(C(=O)C4CCCCC4)CC3)nc(-c3ccco3)c2CO1. The van der Waals surface area contributed by atoms with Crippen molar-refractivity contribution in [2.45, 2.75) is 64.6 Å². The number of hydrogen-bond acceptors (Lipinski definition) is 6. The minimum Gasteiger partial charge on any atom is -0.463 e. The summed E-state index contributed by atoms with van der Waals surface area (Å²) in [5.41, 5.74) is 2.98. The average Bonchev–Trinajstić information content (AvgIpc) is 3.37. The van der Waals surface area contributed by atoms with Gasteiger partial charge < -0.3 is 19.0 Å². The normalized spacial score (nSPS) is 20.9. The molecule has 0 aromatic carbocycles. The number of pyridine rings is 1. The van der Waals surface area contributed by atoms with Crippen LogP contribution in [0.3, 0.4) is 0 Å². The lowest BCUT2D eigenvalue weighted by Crippen LogP contribution is -2.51. The topological polar surface area (TPSA) is 82.6 Å². The number of fused-ring (bicyclic) bond motifs is 1. The molecule has 0 bridgehead atoms. The van der Waals surface area contributed by atoms with Gasteiger partial charge in [0.05, 0.1) is 24.0 Å². The van der Waals surface area contributed by atoms with Crippen molar-refractivity contribution >= 4 is 11.7 Å². The fraction of sp³-hybridized carbons (Fsp3) is 0.577. The fourth-order valence-corrected chi connectivity index (χ4v) is 5.46. The molecule has 1 aliphatic carbocycles. The van der Waals surface area contributed by atoms with E-state index >= 15 is 0 Å². The maximum atomic E-state index is 13.0. The van der Waals surface area contributed by atoms with Gasteiger partial charge in [0.25, 0.3) is 0 Å². The zero-order chi connectivity index (χ0) is 23.0. The van der Waals surface area contributed by atoms with Gasteiger partial charge in [0.2, 0.25) is 5.91 Å². The summed E-state index contributed by atoms with van der Waals surface area (Å²) in [6.07, 6.45) is 7.91. The van der Waals surface area contributed by atoms with E-state index in [2.05, 4.69) is 24.8 Å². The van der Waals surface area contributed by atoms with Gasteiger partial charge in [-0.05, 0) is 44.4 Å². The van der Waals surface area contributed by atoms with Crippen LogP contribution in [0.25, 0.3) is 11.5 Å². The lowest BCUT2D eigenvalue weighted by atomic mass is 9.87. The summed E-state index contributed by atoms with van der Waals surface area (Å²) in [5.74, 6) is 1.88. The number of aromatic nitrogens is 1.